The fourth-order valence-electron chi connectivity index (χ4n) is 2.64. The number of nitrogens with zero attached hydrogens (tertiary/aromatic N) is 1. The smallest absolute Gasteiger partial charge is 0.227 e. The molecule has 2 atom stereocenters. The molecule has 1 amide bonds. The van der Waals surface area contributed by atoms with Crippen molar-refractivity contribution >= 4 is 11.6 Å². The van der Waals surface area contributed by atoms with E-state index in [1.165, 1.54) is 11.1 Å². The van der Waals surface area contributed by atoms with Crippen molar-refractivity contribution in [3.63, 3.8) is 0 Å². The average molecular weight is 260 g/mol. The van der Waals surface area contributed by atoms with Crippen molar-refractivity contribution < 1.29 is 4.79 Å². The second-order valence-electron chi connectivity index (χ2n) is 5.70. The molecule has 0 saturated heterocycles. The predicted octanol–water partition coefficient (Wildman–Crippen LogP) is 3.03. The molecule has 0 radical (unpaired) electrons. The Hall–Kier alpha value is -1.35. The molecule has 2 rings (SSSR count). The number of fused-ring (bicyclic) bond motifs is 1. The van der Waals surface area contributed by atoms with Crippen LogP contribution in [0.15, 0.2) is 18.2 Å². The van der Waals surface area contributed by atoms with E-state index in [2.05, 4.69) is 26.0 Å². The number of carbonyl (C=O) groups excluding carboxylic acids is 1. The Labute approximate surface area is 115 Å². The van der Waals surface area contributed by atoms with Crippen molar-refractivity contribution in [1.29, 1.82) is 0 Å². The number of aryl methyl sites for hydroxylation is 1. The minimum absolute atomic E-state index is 0.100. The van der Waals surface area contributed by atoms with Gasteiger partial charge >= 0.3 is 0 Å². The van der Waals surface area contributed by atoms with Crippen molar-refractivity contribution in [2.75, 3.05) is 11.9 Å². The highest BCUT2D eigenvalue weighted by Crippen LogP contribution is 2.30. The monoisotopic (exact) mass is 260 g/mol. The summed E-state index contributed by atoms with van der Waals surface area (Å²) in [6.45, 7) is 4.44. The Morgan fingerprint density at radius 1 is 1.37 bits per heavy atom. The molecule has 0 bridgehead atoms. The third-order valence-corrected chi connectivity index (χ3v) is 4.23. The van der Waals surface area contributed by atoms with Gasteiger partial charge in [-0.1, -0.05) is 32.4 Å². The van der Waals surface area contributed by atoms with E-state index < -0.39 is 0 Å². The van der Waals surface area contributed by atoms with E-state index in [1.54, 1.807) is 4.90 Å². The third kappa shape index (κ3) is 2.98. The molecule has 0 aliphatic carbocycles. The highest BCUT2D eigenvalue weighted by molar-refractivity contribution is 5.95. The number of carbonyl (C=O) groups is 1. The summed E-state index contributed by atoms with van der Waals surface area (Å²) in [5.74, 6) is 0.847. The maximum Gasteiger partial charge on any atom is 0.227 e. The molecule has 1 heterocycles. The summed E-state index contributed by atoms with van der Waals surface area (Å²) in [5.41, 5.74) is 9.77. The van der Waals surface area contributed by atoms with E-state index in [9.17, 15) is 4.79 Å². The van der Waals surface area contributed by atoms with Crippen LogP contribution in [0.4, 0.5) is 5.69 Å². The van der Waals surface area contributed by atoms with Gasteiger partial charge < -0.3 is 10.6 Å². The van der Waals surface area contributed by atoms with Gasteiger partial charge in [0.25, 0.3) is 0 Å². The first-order valence-electron chi connectivity index (χ1n) is 7.17. The molecular formula is C16H24N2O. The van der Waals surface area contributed by atoms with E-state index in [-0.39, 0.29) is 11.9 Å². The van der Waals surface area contributed by atoms with E-state index in [0.29, 0.717) is 12.3 Å². The van der Waals surface area contributed by atoms with E-state index in [0.717, 1.165) is 24.9 Å². The Morgan fingerprint density at radius 2 is 2.11 bits per heavy atom. The van der Waals surface area contributed by atoms with Crippen molar-refractivity contribution in [3.05, 3.63) is 29.3 Å². The summed E-state index contributed by atoms with van der Waals surface area (Å²) in [6.07, 6.45) is 3.62. The van der Waals surface area contributed by atoms with E-state index >= 15 is 0 Å². The number of hydrogen-bond acceptors (Lipinski definition) is 2. The second kappa shape index (κ2) is 5.74. The van der Waals surface area contributed by atoms with Crippen LogP contribution in [0, 0.1) is 5.92 Å². The van der Waals surface area contributed by atoms with Gasteiger partial charge in [-0.25, -0.2) is 0 Å². The van der Waals surface area contributed by atoms with Crippen molar-refractivity contribution in [2.45, 2.75) is 45.6 Å². The molecular weight excluding hydrogens is 236 g/mol. The predicted molar refractivity (Wildman–Crippen MR) is 79.2 cm³/mol. The van der Waals surface area contributed by atoms with Gasteiger partial charge in [0, 0.05) is 25.2 Å². The largest absolute Gasteiger partial charge is 0.324 e. The Morgan fingerprint density at radius 3 is 2.79 bits per heavy atom. The molecule has 0 saturated carbocycles. The lowest BCUT2D eigenvalue weighted by Gasteiger charge is -2.27. The van der Waals surface area contributed by atoms with Gasteiger partial charge in [-0.3, -0.25) is 4.79 Å². The van der Waals surface area contributed by atoms with Crippen LogP contribution < -0.4 is 10.6 Å². The number of rotatable bonds is 4. The van der Waals surface area contributed by atoms with Crippen LogP contribution in [0.25, 0.3) is 0 Å². The van der Waals surface area contributed by atoms with Crippen LogP contribution >= 0.6 is 0 Å². The first kappa shape index (κ1) is 14.1. The quantitative estimate of drug-likeness (QED) is 0.904. The molecule has 2 N–H and O–H groups in total. The SMILES string of the molecule is CCC(C)CC(N)c1ccc2c(c1)CCC(=O)N2C. The topological polar surface area (TPSA) is 46.3 Å². The molecule has 3 heteroatoms. The van der Waals surface area contributed by atoms with E-state index in [4.69, 9.17) is 5.73 Å². The summed E-state index contributed by atoms with van der Waals surface area (Å²) in [7, 11) is 1.85. The van der Waals surface area contributed by atoms with Crippen LogP contribution in [0.1, 0.15) is 50.3 Å². The molecule has 0 fully saturated rings. The molecule has 1 aliphatic rings. The molecule has 19 heavy (non-hydrogen) atoms. The second-order valence-corrected chi connectivity index (χ2v) is 5.70. The molecule has 1 aromatic carbocycles. The zero-order chi connectivity index (χ0) is 14.0. The van der Waals surface area contributed by atoms with Gasteiger partial charge in [-0.15, -0.1) is 0 Å². The highest BCUT2D eigenvalue weighted by Gasteiger charge is 2.21. The number of nitrogens with two attached hydrogens (primary N) is 1. The standard InChI is InChI=1S/C16H24N2O/c1-4-11(2)9-14(17)12-5-7-15-13(10-12)6-8-16(19)18(15)3/h5,7,10-11,14H,4,6,8-9,17H2,1-3H3. The van der Waals surface area contributed by atoms with Gasteiger partial charge in [0.15, 0.2) is 0 Å². The molecule has 0 spiro atoms. The molecule has 2 unspecified atom stereocenters. The molecule has 1 aliphatic heterocycles. The van der Waals surface area contributed by atoms with Crippen LogP contribution in [0.3, 0.4) is 0 Å². The lowest BCUT2D eigenvalue weighted by molar-refractivity contribution is -0.118. The number of benzene rings is 1. The average Bonchev–Trinajstić information content (AvgIpc) is 2.42. The van der Waals surface area contributed by atoms with Gasteiger partial charge in [-0.05, 0) is 36.0 Å². The third-order valence-electron chi connectivity index (χ3n) is 4.23. The van der Waals surface area contributed by atoms with Crippen LogP contribution in [0.2, 0.25) is 0 Å². The lowest BCUT2D eigenvalue weighted by Crippen LogP contribution is -2.31. The summed E-state index contributed by atoms with van der Waals surface area (Å²) in [5, 5.41) is 0. The van der Waals surface area contributed by atoms with Crippen LogP contribution in [-0.2, 0) is 11.2 Å². The maximum atomic E-state index is 11.7. The fraction of sp³-hybridized carbons (Fsp3) is 0.562. The van der Waals surface area contributed by atoms with Gasteiger partial charge in [0.1, 0.15) is 0 Å². The highest BCUT2D eigenvalue weighted by atomic mass is 16.2. The molecule has 3 nitrogen and oxygen atoms in total. The molecule has 104 valence electrons. The summed E-state index contributed by atoms with van der Waals surface area (Å²) < 4.78 is 0. The lowest BCUT2D eigenvalue weighted by atomic mass is 9.91. The van der Waals surface area contributed by atoms with Crippen LogP contribution in [0.5, 0.6) is 0 Å². The van der Waals surface area contributed by atoms with Gasteiger partial charge in [-0.2, -0.15) is 0 Å². The van der Waals surface area contributed by atoms with Gasteiger partial charge in [0.2, 0.25) is 5.91 Å². The number of amides is 1. The first-order chi connectivity index (χ1) is 9.02. The first-order valence-corrected chi connectivity index (χ1v) is 7.17. The summed E-state index contributed by atoms with van der Waals surface area (Å²) in [6, 6.07) is 6.40. The summed E-state index contributed by atoms with van der Waals surface area (Å²) >= 11 is 0. The number of hydrogen-bond donors (Lipinski definition) is 1. The maximum absolute atomic E-state index is 11.7. The minimum Gasteiger partial charge on any atom is -0.324 e. The van der Waals surface area contributed by atoms with Crippen molar-refractivity contribution in [1.82, 2.24) is 0 Å². The Balaban J connectivity index is 2.19. The number of anilines is 1. The zero-order valence-electron chi connectivity index (χ0n) is 12.1. The fourth-order valence-corrected chi connectivity index (χ4v) is 2.64. The van der Waals surface area contributed by atoms with Crippen LogP contribution in [-0.4, -0.2) is 13.0 Å². The zero-order valence-corrected chi connectivity index (χ0v) is 12.1. The van der Waals surface area contributed by atoms with Crippen molar-refractivity contribution in [3.8, 4) is 0 Å². The molecule has 0 aromatic heterocycles. The minimum atomic E-state index is 0.100. The Kier molecular flexibility index (Phi) is 4.25. The summed E-state index contributed by atoms with van der Waals surface area (Å²) in [4.78, 5) is 13.4. The molecule has 1 aromatic rings. The normalized spacial score (nSPS) is 18.1. The van der Waals surface area contributed by atoms with E-state index in [1.807, 2.05) is 13.1 Å². The van der Waals surface area contributed by atoms with Crippen molar-refractivity contribution in [2.24, 2.45) is 11.7 Å². The van der Waals surface area contributed by atoms with Gasteiger partial charge in [0.05, 0.1) is 0 Å². The Bertz CT molecular complexity index is 470.